The maximum atomic E-state index is 7.67. The molecule has 6 rings (SSSR count). The van der Waals surface area contributed by atoms with E-state index in [-0.39, 0.29) is 9.54 Å². The fourth-order valence-corrected chi connectivity index (χ4v) is 22.0. The van der Waals surface area contributed by atoms with Gasteiger partial charge in [0.1, 0.15) is 0 Å². The van der Waals surface area contributed by atoms with Gasteiger partial charge in [-0.2, -0.15) is 0 Å². The molecule has 1 atom stereocenters. The molecule has 0 saturated carbocycles. The molecule has 0 amide bonds. The van der Waals surface area contributed by atoms with Crippen LogP contribution in [0, 0.1) is 0 Å². The molecule has 0 nitrogen and oxygen atoms in total. The quantitative estimate of drug-likeness (QED) is 0.285. The van der Waals surface area contributed by atoms with Crippen molar-refractivity contribution in [3.05, 3.63) is 104 Å². The van der Waals surface area contributed by atoms with Gasteiger partial charge >= 0.3 is 203 Å². The van der Waals surface area contributed by atoms with Gasteiger partial charge in [0, 0.05) is 0 Å². The van der Waals surface area contributed by atoms with Crippen molar-refractivity contribution in [1.82, 2.24) is 0 Å². The van der Waals surface area contributed by atoms with Gasteiger partial charge in [0.25, 0.3) is 0 Å². The summed E-state index contributed by atoms with van der Waals surface area (Å²) in [7, 11) is 20.6. The van der Waals surface area contributed by atoms with Crippen LogP contribution in [0.1, 0.15) is 31.8 Å². The van der Waals surface area contributed by atoms with Gasteiger partial charge in [-0.3, -0.25) is 0 Å². The zero-order valence-electron chi connectivity index (χ0n) is 15.6. The summed E-state index contributed by atoms with van der Waals surface area (Å²) in [5.41, 5.74) is 7.29. The molecule has 3 aromatic rings. The van der Waals surface area contributed by atoms with Gasteiger partial charge in [0.15, 0.2) is 0 Å². The molecular weight excluding hydrogens is 594 g/mol. The first-order chi connectivity index (χ1) is 14.3. The molecule has 1 heterocycles. The second kappa shape index (κ2) is 6.89. The van der Waals surface area contributed by atoms with Gasteiger partial charge in [-0.25, -0.2) is 0 Å². The summed E-state index contributed by atoms with van der Waals surface area (Å²) in [6.45, 7) is 0. The van der Waals surface area contributed by atoms with E-state index in [1.165, 1.54) is 38.3 Å². The molecule has 1 aliphatic heterocycles. The Bertz CT molecular complexity index is 1260. The third-order valence-electron chi connectivity index (χ3n) is 6.37. The number of thioether (sulfide) groups is 1. The first-order valence-corrected chi connectivity index (χ1v) is 24.1. The topological polar surface area (TPSA) is 0 Å². The van der Waals surface area contributed by atoms with E-state index in [4.69, 9.17) is 26.4 Å². The fraction of sp³-hybridized carbons (Fsp3) is 0.0833. The van der Waals surface area contributed by atoms with Gasteiger partial charge in [0.2, 0.25) is 0 Å². The molecule has 30 heavy (non-hydrogen) atoms. The molecule has 1 unspecified atom stereocenters. The van der Waals surface area contributed by atoms with Crippen molar-refractivity contribution < 1.29 is 14.9 Å². The van der Waals surface area contributed by atoms with Gasteiger partial charge in [-0.05, 0) is 0 Å². The number of hydrogen-bond donors (Lipinski definition) is 1. The van der Waals surface area contributed by atoms with Crippen LogP contribution >= 0.6 is 54.1 Å². The average Bonchev–Trinajstić information content (AvgIpc) is 3.35. The first kappa shape index (κ1) is 20.4. The monoisotopic (exact) mass is 607 g/mol. The second-order valence-corrected chi connectivity index (χ2v) is 37.4. The van der Waals surface area contributed by atoms with Crippen molar-refractivity contribution in [1.29, 1.82) is 0 Å². The predicted molar refractivity (Wildman–Crippen MR) is 136 cm³/mol. The molecule has 0 saturated heterocycles. The Morgan fingerprint density at radius 2 is 1.50 bits per heavy atom. The van der Waals surface area contributed by atoms with Crippen LogP contribution in [0.25, 0.3) is 17.2 Å². The van der Waals surface area contributed by atoms with Crippen LogP contribution < -0.4 is 3.27 Å². The molecular formula is C24H16BrCl2S2Zr. The van der Waals surface area contributed by atoms with Crippen molar-refractivity contribution in [3.63, 3.8) is 0 Å². The normalized spacial score (nSPS) is 20.5. The van der Waals surface area contributed by atoms with Crippen LogP contribution in [0.15, 0.2) is 81.5 Å². The number of thiol groups is 1. The molecule has 3 aliphatic rings. The standard InChI is InChI=1S/C13H9.C11H6BrS.2ClH.H2S.Zr/c1-3-7-12-10(5-1)9-11-6-2-4-8-13(11)12;12-11-6-9-8-4-2-1-3-7(8)5-10(9)13-11;;;;/h1-9H;1-3,5-6,9H;2*1H;1H2;/q;;;;;+3/p-3. The van der Waals surface area contributed by atoms with E-state index in [2.05, 4.69) is 94.8 Å². The molecule has 149 valence electrons. The van der Waals surface area contributed by atoms with Crippen LogP contribution in [0.4, 0.5) is 0 Å². The summed E-state index contributed by atoms with van der Waals surface area (Å²) in [6, 6.07) is 23.4. The SMILES string of the molecule is [SH][Zr]([Cl])([Cl])([c]1cccc2c1C1C=C(Br)SC1=C2)[CH]1c2ccccc2-c2ccccc21. The Balaban J connectivity index is 1.62. The van der Waals surface area contributed by atoms with Crippen LogP contribution in [0.5, 0.6) is 0 Å². The summed E-state index contributed by atoms with van der Waals surface area (Å²) in [6.07, 6.45) is 4.53. The van der Waals surface area contributed by atoms with E-state index in [0.29, 0.717) is 0 Å². The third-order valence-corrected chi connectivity index (χ3v) is 23.4. The minimum atomic E-state index is -4.88. The Hall–Kier alpha value is -0.217. The van der Waals surface area contributed by atoms with Crippen molar-refractivity contribution in [2.45, 2.75) is 9.54 Å². The predicted octanol–water partition coefficient (Wildman–Crippen LogP) is 8.35. The Labute approximate surface area is 200 Å². The molecule has 0 spiro atoms. The van der Waals surface area contributed by atoms with Gasteiger partial charge < -0.3 is 0 Å². The van der Waals surface area contributed by atoms with E-state index in [1.54, 1.807) is 11.8 Å². The molecule has 0 radical (unpaired) electrons. The Kier molecular flexibility index (Phi) is 4.68. The number of halogens is 3. The second-order valence-electron chi connectivity index (χ2n) is 8.05. The number of hydrogen-bond acceptors (Lipinski definition) is 2. The maximum absolute atomic E-state index is 7.67. The van der Waals surface area contributed by atoms with Crippen LogP contribution in [-0.2, 0) is 14.9 Å². The summed E-state index contributed by atoms with van der Waals surface area (Å²) in [4.78, 5) is 1.32. The van der Waals surface area contributed by atoms with Gasteiger partial charge in [0.05, 0.1) is 0 Å². The fourth-order valence-electron chi connectivity index (χ4n) is 5.21. The molecule has 0 bridgehead atoms. The molecule has 0 N–H and O–H groups in total. The van der Waals surface area contributed by atoms with Gasteiger partial charge in [-0.15, -0.1) is 0 Å². The van der Waals surface area contributed by atoms with Gasteiger partial charge in [-0.1, -0.05) is 0 Å². The number of allylic oxidation sites excluding steroid dienone is 2. The summed E-state index contributed by atoms with van der Waals surface area (Å²) in [5, 5.41) is 0. The van der Waals surface area contributed by atoms with Crippen molar-refractivity contribution in [2.75, 3.05) is 0 Å². The molecule has 3 aromatic carbocycles. The number of fused-ring (bicyclic) bond motifs is 6. The van der Waals surface area contributed by atoms with Crippen molar-refractivity contribution in [3.8, 4) is 11.1 Å². The molecule has 6 heteroatoms. The summed E-state index contributed by atoms with van der Waals surface area (Å²) < 4.78 is 2.11. The molecule has 0 aromatic heterocycles. The van der Waals surface area contributed by atoms with Crippen molar-refractivity contribution >= 4 is 63.5 Å². The zero-order valence-corrected chi connectivity index (χ0v) is 22.9. The minimum absolute atomic E-state index is 0.0949. The third kappa shape index (κ3) is 2.84. The van der Waals surface area contributed by atoms with Crippen LogP contribution in [-0.4, -0.2) is 0 Å². The molecule has 2 aliphatic carbocycles. The Morgan fingerprint density at radius 3 is 2.17 bits per heavy atom. The zero-order chi connectivity index (χ0) is 20.7. The van der Waals surface area contributed by atoms with E-state index >= 15 is 0 Å². The molecule has 0 fully saturated rings. The first-order valence-electron chi connectivity index (χ1n) is 9.74. The van der Waals surface area contributed by atoms with E-state index in [0.717, 1.165) is 7.09 Å². The Morgan fingerprint density at radius 1 is 0.867 bits per heavy atom. The van der Waals surface area contributed by atoms with Crippen molar-refractivity contribution in [2.24, 2.45) is 0 Å². The summed E-state index contributed by atoms with van der Waals surface area (Å²) in [5.74, 6) is 0.208. The number of benzene rings is 3. The van der Waals surface area contributed by atoms with E-state index in [1.807, 2.05) is 0 Å². The van der Waals surface area contributed by atoms with Crippen LogP contribution in [0.3, 0.4) is 0 Å². The van der Waals surface area contributed by atoms with Crippen LogP contribution in [0.2, 0.25) is 0 Å². The average molecular weight is 611 g/mol. The summed E-state index contributed by atoms with van der Waals surface area (Å²) >= 11 is 0.554. The van der Waals surface area contributed by atoms with E-state index in [9.17, 15) is 0 Å². The van der Waals surface area contributed by atoms with E-state index < -0.39 is 14.9 Å². The number of rotatable bonds is 2.